The molecule has 2 aromatic heterocycles. The van der Waals surface area contributed by atoms with Gasteiger partial charge in [0.25, 0.3) is 0 Å². The number of thiazole rings is 1. The molecule has 0 aliphatic heterocycles. The maximum Gasteiger partial charge on any atom is 0.236 e. The molecule has 0 aliphatic rings. The second-order valence-corrected chi connectivity index (χ2v) is 8.35. The number of aromatic nitrogens is 5. The van der Waals surface area contributed by atoms with Crippen LogP contribution in [-0.4, -0.2) is 51.1 Å². The zero-order chi connectivity index (χ0) is 22.3. The molecule has 1 N–H and O–H groups in total. The molecule has 0 bridgehead atoms. The van der Waals surface area contributed by atoms with Gasteiger partial charge in [-0.15, -0.1) is 16.4 Å². The zero-order valence-electron chi connectivity index (χ0n) is 17.4. The van der Waals surface area contributed by atoms with Gasteiger partial charge < -0.3 is 14.8 Å². The summed E-state index contributed by atoms with van der Waals surface area (Å²) in [5.41, 5.74) is 2.61. The van der Waals surface area contributed by atoms with Gasteiger partial charge in [0.05, 0.1) is 32.2 Å². The molecule has 0 unspecified atom stereocenters. The number of nitrogens with one attached hydrogen (secondary N) is 1. The first-order valence-corrected chi connectivity index (χ1v) is 11.4. The largest absolute Gasteiger partial charge is 0.497 e. The van der Waals surface area contributed by atoms with Gasteiger partial charge in [-0.05, 0) is 28.1 Å². The van der Waals surface area contributed by atoms with Crippen LogP contribution in [0.25, 0.3) is 11.3 Å². The first-order chi connectivity index (χ1) is 15.7. The van der Waals surface area contributed by atoms with Crippen molar-refractivity contribution in [1.82, 2.24) is 25.2 Å². The van der Waals surface area contributed by atoms with E-state index in [9.17, 15) is 4.79 Å². The van der Waals surface area contributed by atoms with Gasteiger partial charge in [0.2, 0.25) is 11.1 Å². The van der Waals surface area contributed by atoms with Crippen LogP contribution in [0.5, 0.6) is 11.5 Å². The second kappa shape index (κ2) is 10.2. The van der Waals surface area contributed by atoms with Crippen molar-refractivity contribution < 1.29 is 14.3 Å². The minimum absolute atomic E-state index is 0.163. The average molecular weight is 469 g/mol. The molecule has 11 heteroatoms. The van der Waals surface area contributed by atoms with Gasteiger partial charge in [0, 0.05) is 17.0 Å². The Kier molecular flexibility index (Phi) is 6.97. The summed E-state index contributed by atoms with van der Waals surface area (Å²) < 4.78 is 12.3. The summed E-state index contributed by atoms with van der Waals surface area (Å²) in [5, 5.41) is 17.5. The molecule has 4 rings (SSSR count). The van der Waals surface area contributed by atoms with Crippen LogP contribution in [0.1, 0.15) is 5.56 Å². The van der Waals surface area contributed by atoms with E-state index in [1.807, 2.05) is 47.8 Å². The number of methoxy groups -OCH3 is 2. The number of carbonyl (C=O) groups excluding carboxylic acids is 1. The number of hydrogen-bond donors (Lipinski definition) is 1. The van der Waals surface area contributed by atoms with E-state index in [4.69, 9.17) is 9.47 Å². The van der Waals surface area contributed by atoms with Gasteiger partial charge in [0.15, 0.2) is 5.13 Å². The second-order valence-electron chi connectivity index (χ2n) is 6.55. The van der Waals surface area contributed by atoms with Crippen molar-refractivity contribution in [3.8, 4) is 22.8 Å². The van der Waals surface area contributed by atoms with Crippen LogP contribution in [0.15, 0.2) is 59.1 Å². The Bertz CT molecular complexity index is 1200. The number of ether oxygens (including phenoxy) is 2. The van der Waals surface area contributed by atoms with Gasteiger partial charge in [-0.3, -0.25) is 4.79 Å². The lowest BCUT2D eigenvalue weighted by Gasteiger charge is -2.08. The van der Waals surface area contributed by atoms with Crippen molar-refractivity contribution in [3.63, 3.8) is 0 Å². The van der Waals surface area contributed by atoms with Gasteiger partial charge in [-0.1, -0.05) is 42.1 Å². The number of amides is 1. The van der Waals surface area contributed by atoms with Crippen molar-refractivity contribution in [2.24, 2.45) is 0 Å². The van der Waals surface area contributed by atoms with Crippen LogP contribution in [-0.2, 0) is 11.3 Å². The molecular weight excluding hydrogens is 448 g/mol. The summed E-state index contributed by atoms with van der Waals surface area (Å²) in [4.78, 5) is 17.0. The SMILES string of the molecule is COc1ccc(-c2csc(NC(=O)CSc3nnnn3Cc3ccccc3)n2)c(OC)c1. The molecule has 0 radical (unpaired) electrons. The maximum atomic E-state index is 12.4. The van der Waals surface area contributed by atoms with Gasteiger partial charge in [-0.25, -0.2) is 9.67 Å². The average Bonchev–Trinajstić information content (AvgIpc) is 3.47. The Morgan fingerprint density at radius 3 is 2.78 bits per heavy atom. The Morgan fingerprint density at radius 1 is 1.16 bits per heavy atom. The molecule has 1 amide bonds. The topological polar surface area (TPSA) is 104 Å². The highest BCUT2D eigenvalue weighted by Gasteiger charge is 2.14. The van der Waals surface area contributed by atoms with E-state index in [1.165, 1.54) is 23.1 Å². The Morgan fingerprint density at radius 2 is 2.00 bits per heavy atom. The van der Waals surface area contributed by atoms with Crippen LogP contribution >= 0.6 is 23.1 Å². The zero-order valence-corrected chi connectivity index (χ0v) is 19.0. The van der Waals surface area contributed by atoms with E-state index in [0.29, 0.717) is 34.0 Å². The summed E-state index contributed by atoms with van der Waals surface area (Å²) in [6, 6.07) is 15.4. The summed E-state index contributed by atoms with van der Waals surface area (Å²) in [5.74, 6) is 1.32. The summed E-state index contributed by atoms with van der Waals surface area (Å²) in [7, 11) is 3.19. The molecule has 0 saturated heterocycles. The van der Waals surface area contributed by atoms with Crippen molar-refractivity contribution in [2.45, 2.75) is 11.7 Å². The quantitative estimate of drug-likeness (QED) is 0.372. The number of anilines is 1. The van der Waals surface area contributed by atoms with E-state index >= 15 is 0 Å². The number of nitrogens with zero attached hydrogens (tertiary/aromatic N) is 5. The molecule has 0 saturated carbocycles. The highest BCUT2D eigenvalue weighted by molar-refractivity contribution is 7.99. The highest BCUT2D eigenvalue weighted by Crippen LogP contribution is 2.34. The third-order valence-electron chi connectivity index (χ3n) is 4.44. The van der Waals surface area contributed by atoms with Crippen molar-refractivity contribution in [1.29, 1.82) is 0 Å². The standard InChI is InChI=1S/C21H20N6O3S2/c1-29-15-8-9-16(18(10-15)30-2)17-12-31-20(22-17)23-19(28)13-32-21-24-25-26-27(21)11-14-6-4-3-5-7-14/h3-10,12H,11,13H2,1-2H3,(H,22,23,28). The molecule has 2 aromatic carbocycles. The lowest BCUT2D eigenvalue weighted by molar-refractivity contribution is -0.113. The number of tetrazole rings is 1. The molecule has 2 heterocycles. The monoisotopic (exact) mass is 468 g/mol. The van der Waals surface area contributed by atoms with Gasteiger partial charge in [0.1, 0.15) is 11.5 Å². The van der Waals surface area contributed by atoms with Crippen LogP contribution in [0.4, 0.5) is 5.13 Å². The van der Waals surface area contributed by atoms with Gasteiger partial charge in [-0.2, -0.15) is 0 Å². The molecule has 164 valence electrons. The predicted octanol–water partition coefficient (Wildman–Crippen LogP) is 3.59. The van der Waals surface area contributed by atoms with E-state index in [0.717, 1.165) is 11.1 Å². The molecule has 9 nitrogen and oxygen atoms in total. The highest BCUT2D eigenvalue weighted by atomic mass is 32.2. The molecule has 0 fully saturated rings. The fourth-order valence-corrected chi connectivity index (χ4v) is 4.31. The molecule has 0 spiro atoms. The van der Waals surface area contributed by atoms with Crippen LogP contribution in [0.3, 0.4) is 0 Å². The van der Waals surface area contributed by atoms with E-state index in [2.05, 4.69) is 25.8 Å². The number of thioether (sulfide) groups is 1. The molecule has 4 aromatic rings. The van der Waals surface area contributed by atoms with Gasteiger partial charge >= 0.3 is 0 Å². The minimum Gasteiger partial charge on any atom is -0.497 e. The molecular formula is C21H20N6O3S2. The fourth-order valence-electron chi connectivity index (χ4n) is 2.91. The first-order valence-electron chi connectivity index (χ1n) is 9.57. The predicted molar refractivity (Wildman–Crippen MR) is 123 cm³/mol. The summed E-state index contributed by atoms with van der Waals surface area (Å²) >= 11 is 2.62. The lowest BCUT2D eigenvalue weighted by Crippen LogP contribution is -2.14. The number of rotatable bonds is 9. The smallest absolute Gasteiger partial charge is 0.236 e. The van der Waals surface area contributed by atoms with E-state index in [1.54, 1.807) is 25.0 Å². The maximum absolute atomic E-state index is 12.4. The Hall–Kier alpha value is -3.44. The number of carbonyl (C=O) groups is 1. The van der Waals surface area contributed by atoms with Crippen molar-refractivity contribution >= 4 is 34.1 Å². The minimum atomic E-state index is -0.188. The lowest BCUT2D eigenvalue weighted by atomic mass is 10.1. The molecule has 32 heavy (non-hydrogen) atoms. The van der Waals surface area contributed by atoms with E-state index in [-0.39, 0.29) is 11.7 Å². The molecule has 0 aliphatic carbocycles. The van der Waals surface area contributed by atoms with E-state index < -0.39 is 0 Å². The van der Waals surface area contributed by atoms with Crippen LogP contribution < -0.4 is 14.8 Å². The third-order valence-corrected chi connectivity index (χ3v) is 6.16. The number of hydrogen-bond acceptors (Lipinski definition) is 9. The Labute approximate surface area is 192 Å². The third kappa shape index (κ3) is 5.24. The fraction of sp³-hybridized carbons (Fsp3) is 0.190. The summed E-state index contributed by atoms with van der Waals surface area (Å²) in [6.45, 7) is 0.539. The Balaban J connectivity index is 1.36. The normalized spacial score (nSPS) is 10.7. The summed E-state index contributed by atoms with van der Waals surface area (Å²) in [6.07, 6.45) is 0. The van der Waals surface area contributed by atoms with Crippen molar-refractivity contribution in [2.75, 3.05) is 25.3 Å². The first kappa shape index (κ1) is 21.8. The molecule has 0 atom stereocenters. The van der Waals surface area contributed by atoms with Crippen molar-refractivity contribution in [3.05, 3.63) is 59.5 Å². The van der Waals surface area contributed by atoms with Crippen LogP contribution in [0, 0.1) is 0 Å². The number of benzene rings is 2. The van der Waals surface area contributed by atoms with Crippen LogP contribution in [0.2, 0.25) is 0 Å².